The summed E-state index contributed by atoms with van der Waals surface area (Å²) in [5, 5.41) is 8.72. The Morgan fingerprint density at radius 2 is 1.96 bits per heavy atom. The van der Waals surface area contributed by atoms with E-state index in [1.54, 1.807) is 0 Å². The number of nitrogens with one attached hydrogen (secondary N) is 1. The lowest BCUT2D eigenvalue weighted by Crippen LogP contribution is -2.29. The molecule has 0 spiro atoms. The van der Waals surface area contributed by atoms with Gasteiger partial charge in [0.05, 0.1) is 11.7 Å². The van der Waals surface area contributed by atoms with E-state index < -0.39 is 0 Å². The minimum Gasteiger partial charge on any atom is -0.451 e. The Morgan fingerprint density at radius 3 is 2.58 bits per heavy atom. The van der Waals surface area contributed by atoms with Gasteiger partial charge in [-0.25, -0.2) is 0 Å². The fraction of sp³-hybridized carbons (Fsp3) is 0.429. The summed E-state index contributed by atoms with van der Waals surface area (Å²) in [5.74, 6) is 0.216. The summed E-state index contributed by atoms with van der Waals surface area (Å²) in [4.78, 5) is 12.9. The Hall–Kier alpha value is -2.56. The number of carbonyl (C=O) groups excluding carboxylic acids is 1. The van der Waals surface area contributed by atoms with Crippen LogP contribution >= 0.6 is 0 Å². The minimum atomic E-state index is -0.175. The number of aryl methyl sites for hydroxylation is 4. The number of hydrogen-bond acceptors (Lipinski definition) is 3. The van der Waals surface area contributed by atoms with Gasteiger partial charge in [-0.3, -0.25) is 9.48 Å². The first-order valence-electron chi connectivity index (χ1n) is 9.21. The summed E-state index contributed by atoms with van der Waals surface area (Å²) in [6.07, 6.45) is 0.793. The standard InChI is InChI=1S/C21H27N3O2/c1-7-17(19-14(5)23-24(8-2)15(19)6)22-21(25)20-13(4)16-10-9-12(3)11-18(16)26-20/h9-11,17H,7-8H2,1-6H3,(H,22,25). The van der Waals surface area contributed by atoms with Crippen molar-refractivity contribution in [3.8, 4) is 0 Å². The maximum atomic E-state index is 12.9. The van der Waals surface area contributed by atoms with Crippen molar-refractivity contribution in [2.45, 2.75) is 60.5 Å². The summed E-state index contributed by atoms with van der Waals surface area (Å²) in [5.41, 5.74) is 5.93. The molecule has 3 aromatic rings. The lowest BCUT2D eigenvalue weighted by molar-refractivity contribution is 0.0908. The van der Waals surface area contributed by atoms with Crippen molar-refractivity contribution in [2.75, 3.05) is 0 Å². The smallest absolute Gasteiger partial charge is 0.287 e. The second-order valence-corrected chi connectivity index (χ2v) is 6.89. The van der Waals surface area contributed by atoms with E-state index in [0.717, 1.165) is 52.0 Å². The molecular weight excluding hydrogens is 326 g/mol. The van der Waals surface area contributed by atoms with Crippen molar-refractivity contribution in [1.82, 2.24) is 15.1 Å². The fourth-order valence-corrected chi connectivity index (χ4v) is 3.67. The molecule has 0 aliphatic carbocycles. The van der Waals surface area contributed by atoms with Crippen LogP contribution in [0.3, 0.4) is 0 Å². The number of rotatable bonds is 5. The maximum Gasteiger partial charge on any atom is 0.287 e. The van der Waals surface area contributed by atoms with E-state index in [0.29, 0.717) is 5.76 Å². The number of nitrogens with zero attached hydrogens (tertiary/aromatic N) is 2. The van der Waals surface area contributed by atoms with E-state index in [2.05, 4.69) is 31.2 Å². The molecule has 1 unspecified atom stereocenters. The normalized spacial score (nSPS) is 12.5. The Balaban J connectivity index is 1.93. The SMILES string of the molecule is CCC(NC(=O)c1oc2cc(C)ccc2c1C)c1c(C)nn(CC)c1C. The number of amides is 1. The van der Waals surface area contributed by atoms with Gasteiger partial charge in [-0.1, -0.05) is 19.1 Å². The third-order valence-electron chi connectivity index (χ3n) is 5.10. The number of fused-ring (bicyclic) bond motifs is 1. The van der Waals surface area contributed by atoms with E-state index in [4.69, 9.17) is 4.42 Å². The van der Waals surface area contributed by atoms with Crippen molar-refractivity contribution in [3.63, 3.8) is 0 Å². The van der Waals surface area contributed by atoms with Gasteiger partial charge in [0.2, 0.25) is 0 Å². The first-order chi connectivity index (χ1) is 12.4. The maximum absolute atomic E-state index is 12.9. The highest BCUT2D eigenvalue weighted by molar-refractivity contribution is 5.99. The molecule has 5 nitrogen and oxygen atoms in total. The summed E-state index contributed by atoms with van der Waals surface area (Å²) < 4.78 is 7.86. The van der Waals surface area contributed by atoms with Crippen LogP contribution in [0.2, 0.25) is 0 Å². The summed E-state index contributed by atoms with van der Waals surface area (Å²) in [7, 11) is 0. The van der Waals surface area contributed by atoms with E-state index in [-0.39, 0.29) is 11.9 Å². The number of benzene rings is 1. The lowest BCUT2D eigenvalue weighted by Gasteiger charge is -2.17. The third-order valence-corrected chi connectivity index (χ3v) is 5.10. The monoisotopic (exact) mass is 353 g/mol. The molecule has 0 aliphatic rings. The molecule has 5 heteroatoms. The topological polar surface area (TPSA) is 60.1 Å². The molecule has 0 radical (unpaired) electrons. The van der Waals surface area contributed by atoms with E-state index in [1.165, 1.54) is 0 Å². The summed E-state index contributed by atoms with van der Waals surface area (Å²) in [6.45, 7) is 13.0. The van der Waals surface area contributed by atoms with Crippen molar-refractivity contribution in [2.24, 2.45) is 0 Å². The second kappa shape index (κ2) is 6.98. The lowest BCUT2D eigenvalue weighted by atomic mass is 10.0. The van der Waals surface area contributed by atoms with E-state index in [1.807, 2.05) is 43.7 Å². The Morgan fingerprint density at radius 1 is 1.23 bits per heavy atom. The van der Waals surface area contributed by atoms with Gasteiger partial charge >= 0.3 is 0 Å². The number of carbonyl (C=O) groups is 1. The van der Waals surface area contributed by atoms with Crippen LogP contribution < -0.4 is 5.32 Å². The van der Waals surface area contributed by atoms with Crippen molar-refractivity contribution >= 4 is 16.9 Å². The van der Waals surface area contributed by atoms with Gasteiger partial charge in [-0.15, -0.1) is 0 Å². The predicted molar refractivity (Wildman–Crippen MR) is 104 cm³/mol. The van der Waals surface area contributed by atoms with Gasteiger partial charge in [-0.2, -0.15) is 5.10 Å². The molecule has 0 aliphatic heterocycles. The van der Waals surface area contributed by atoms with Crippen LogP contribution in [0.4, 0.5) is 0 Å². The average molecular weight is 353 g/mol. The highest BCUT2D eigenvalue weighted by Crippen LogP contribution is 2.28. The highest BCUT2D eigenvalue weighted by Gasteiger charge is 2.24. The molecule has 1 N–H and O–H groups in total. The zero-order chi connectivity index (χ0) is 19.0. The number of furan rings is 1. The quantitative estimate of drug-likeness (QED) is 0.719. The van der Waals surface area contributed by atoms with Crippen molar-refractivity contribution in [3.05, 3.63) is 52.0 Å². The van der Waals surface area contributed by atoms with Gasteiger partial charge < -0.3 is 9.73 Å². The molecule has 1 aromatic carbocycles. The third kappa shape index (κ3) is 3.02. The van der Waals surface area contributed by atoms with Gasteiger partial charge in [0.25, 0.3) is 5.91 Å². The first kappa shape index (κ1) is 18.2. The largest absolute Gasteiger partial charge is 0.451 e. The van der Waals surface area contributed by atoms with Crippen LogP contribution in [0.1, 0.15) is 64.9 Å². The van der Waals surface area contributed by atoms with Gasteiger partial charge in [0, 0.05) is 28.8 Å². The molecule has 26 heavy (non-hydrogen) atoms. The number of aromatic nitrogens is 2. The summed E-state index contributed by atoms with van der Waals surface area (Å²) >= 11 is 0. The average Bonchev–Trinajstić information content (AvgIpc) is 3.09. The molecule has 0 bridgehead atoms. The minimum absolute atomic E-state index is 0.0860. The summed E-state index contributed by atoms with van der Waals surface area (Å²) in [6, 6.07) is 5.93. The van der Waals surface area contributed by atoms with Crippen LogP contribution in [0.15, 0.2) is 22.6 Å². The molecule has 0 saturated carbocycles. The molecule has 3 rings (SSSR count). The van der Waals surface area contributed by atoms with Gasteiger partial charge in [0.15, 0.2) is 5.76 Å². The molecule has 138 valence electrons. The molecule has 2 aromatic heterocycles. The van der Waals surface area contributed by atoms with Crippen molar-refractivity contribution in [1.29, 1.82) is 0 Å². The Bertz CT molecular complexity index is 965. The van der Waals surface area contributed by atoms with Gasteiger partial charge in [0.1, 0.15) is 5.58 Å². The van der Waals surface area contributed by atoms with E-state index >= 15 is 0 Å². The zero-order valence-electron chi connectivity index (χ0n) is 16.4. The van der Waals surface area contributed by atoms with Gasteiger partial charge in [-0.05, 0) is 52.7 Å². The predicted octanol–water partition coefficient (Wildman–Crippen LogP) is 4.76. The van der Waals surface area contributed by atoms with Crippen LogP contribution in [0, 0.1) is 27.7 Å². The van der Waals surface area contributed by atoms with Crippen LogP contribution in [-0.2, 0) is 6.54 Å². The van der Waals surface area contributed by atoms with Crippen LogP contribution in [-0.4, -0.2) is 15.7 Å². The van der Waals surface area contributed by atoms with Crippen LogP contribution in [0.5, 0.6) is 0 Å². The zero-order valence-corrected chi connectivity index (χ0v) is 16.4. The highest BCUT2D eigenvalue weighted by atomic mass is 16.3. The first-order valence-corrected chi connectivity index (χ1v) is 9.21. The molecule has 1 atom stereocenters. The molecule has 0 saturated heterocycles. The molecular formula is C21H27N3O2. The second-order valence-electron chi connectivity index (χ2n) is 6.89. The van der Waals surface area contributed by atoms with Crippen LogP contribution in [0.25, 0.3) is 11.0 Å². The molecule has 2 heterocycles. The Labute approximate surface area is 154 Å². The molecule has 1 amide bonds. The number of hydrogen-bond donors (Lipinski definition) is 1. The van der Waals surface area contributed by atoms with E-state index in [9.17, 15) is 4.79 Å². The Kier molecular flexibility index (Phi) is 4.90. The fourth-order valence-electron chi connectivity index (χ4n) is 3.67. The van der Waals surface area contributed by atoms with Crippen molar-refractivity contribution < 1.29 is 9.21 Å². The molecule has 0 fully saturated rings.